The average molecular weight is 546 g/mol. The van der Waals surface area contributed by atoms with E-state index in [4.69, 9.17) is 4.98 Å². The summed E-state index contributed by atoms with van der Waals surface area (Å²) in [6, 6.07) is 26.7. The number of rotatable bonds is 3. The van der Waals surface area contributed by atoms with Gasteiger partial charge in [-0.2, -0.15) is 10.6 Å². The number of benzene rings is 3. The van der Waals surface area contributed by atoms with Crippen LogP contribution in [-0.2, 0) is 22.4 Å². The van der Waals surface area contributed by atoms with Crippen LogP contribution in [0.5, 0.6) is 5.75 Å². The fourth-order valence-electron chi connectivity index (χ4n) is 3.31. The first-order valence-corrected chi connectivity index (χ1v) is 8.67. The van der Waals surface area contributed by atoms with Crippen LogP contribution in [-0.4, -0.2) is 14.9 Å². The number of aromatic hydroxyl groups is 1. The molecule has 0 bridgehead atoms. The molecule has 0 spiro atoms. The van der Waals surface area contributed by atoms with Gasteiger partial charge >= 0.3 is 0 Å². The van der Waals surface area contributed by atoms with E-state index >= 15 is 0 Å². The van der Waals surface area contributed by atoms with Crippen LogP contribution in [0, 0.1) is 6.07 Å². The van der Waals surface area contributed by atoms with Crippen molar-refractivity contribution in [2.45, 2.75) is 0 Å². The minimum absolute atomic E-state index is 0. The number of hydrogen-bond acceptors (Lipinski definition) is 2. The Bertz CT molecular complexity index is 1240. The minimum Gasteiger partial charge on any atom is -0.664 e. The summed E-state index contributed by atoms with van der Waals surface area (Å²) in [5.74, 6) is 0.231. The van der Waals surface area contributed by atoms with Gasteiger partial charge in [0.25, 0.3) is 0 Å². The molecule has 0 unspecified atom stereocenters. The summed E-state index contributed by atoms with van der Waals surface area (Å²) in [7, 11) is 0. The van der Waals surface area contributed by atoms with Gasteiger partial charge in [-0.1, -0.05) is 47.9 Å². The molecule has 0 aliphatic carbocycles. The maximum absolute atomic E-state index is 10.2. The Morgan fingerprint density at radius 2 is 1.71 bits per heavy atom. The summed E-state index contributed by atoms with van der Waals surface area (Å²) in [5, 5.41) is 15.5. The normalized spacial score (nSPS) is 10.7. The van der Waals surface area contributed by atoms with E-state index in [2.05, 4.69) is 11.2 Å². The van der Waals surface area contributed by atoms with Gasteiger partial charge in [-0.3, -0.25) is 4.68 Å². The summed E-state index contributed by atoms with van der Waals surface area (Å²) >= 11 is 0. The summed E-state index contributed by atoms with van der Waals surface area (Å²) in [6.45, 7) is 0. The number of aromatic nitrogens is 3. The third-order valence-electron chi connectivity index (χ3n) is 4.59. The molecule has 4 nitrogen and oxygen atoms in total. The Morgan fingerprint density at radius 3 is 2.54 bits per heavy atom. The van der Waals surface area contributed by atoms with Crippen molar-refractivity contribution in [3.8, 4) is 33.8 Å². The molecular weight excluding hydrogens is 531 g/mol. The second-order valence-electron chi connectivity index (χ2n) is 6.30. The Kier molecular flexibility index (Phi) is 4.92. The number of para-hydroxylation sites is 2. The second kappa shape index (κ2) is 7.52. The van der Waals surface area contributed by atoms with E-state index in [1.165, 1.54) is 0 Å². The molecule has 5 heteroatoms. The van der Waals surface area contributed by atoms with E-state index in [0.717, 1.165) is 39.0 Å². The monoisotopic (exact) mass is 546 g/mol. The van der Waals surface area contributed by atoms with Crippen molar-refractivity contribution in [1.82, 2.24) is 14.8 Å². The molecule has 5 aromatic rings. The topological polar surface area (TPSA) is 52.1 Å². The van der Waals surface area contributed by atoms with Crippen LogP contribution in [0.3, 0.4) is 0 Å². The maximum Gasteiger partial charge on any atom is 0.121 e. The molecule has 5 rings (SSSR count). The van der Waals surface area contributed by atoms with Crippen LogP contribution in [0.1, 0.15) is 0 Å². The molecule has 2 heterocycles. The van der Waals surface area contributed by atoms with E-state index in [1.54, 1.807) is 16.9 Å². The molecule has 0 saturated carbocycles. The molecule has 3 aromatic carbocycles. The molecule has 0 fully saturated rings. The summed E-state index contributed by atoms with van der Waals surface area (Å²) in [5.41, 5.74) is 5.22. The molecule has 0 saturated heterocycles. The predicted molar refractivity (Wildman–Crippen MR) is 106 cm³/mol. The molecule has 141 valence electrons. The number of phenolic OH excluding ortho intramolecular Hbond substituents is 1. The van der Waals surface area contributed by atoms with Crippen molar-refractivity contribution in [2.75, 3.05) is 0 Å². The predicted octanol–water partition coefficient (Wildman–Crippen LogP) is 4.82. The van der Waals surface area contributed by atoms with Gasteiger partial charge < -0.3 is 10.1 Å². The molecule has 28 heavy (non-hydrogen) atoms. The van der Waals surface area contributed by atoms with Gasteiger partial charge in [0.05, 0.1) is 0 Å². The van der Waals surface area contributed by atoms with Crippen molar-refractivity contribution >= 4 is 10.9 Å². The van der Waals surface area contributed by atoms with E-state index in [9.17, 15) is 5.11 Å². The first-order valence-electron chi connectivity index (χ1n) is 8.67. The Labute approximate surface area is 178 Å². The molecule has 0 aliphatic heterocycles. The largest absolute Gasteiger partial charge is 0.664 e. The molecule has 0 amide bonds. The van der Waals surface area contributed by atoms with Gasteiger partial charge in [-0.25, -0.2) is 0 Å². The number of fused-ring (bicyclic) bond motifs is 1. The summed E-state index contributed by atoms with van der Waals surface area (Å²) < 4.78 is 1.79. The Hall–Kier alpha value is -3.05. The van der Waals surface area contributed by atoms with E-state index in [1.807, 2.05) is 72.9 Å². The number of nitrogens with zero attached hydrogens (tertiary/aromatic N) is 3. The van der Waals surface area contributed by atoms with Gasteiger partial charge in [0.15, 0.2) is 0 Å². The Balaban J connectivity index is 0.00000192. The van der Waals surface area contributed by atoms with E-state index < -0.39 is 0 Å². The van der Waals surface area contributed by atoms with Crippen molar-refractivity contribution < 1.29 is 27.5 Å². The third-order valence-corrected chi connectivity index (χ3v) is 4.59. The average Bonchev–Trinajstić information content (AvgIpc) is 3.38. The smallest absolute Gasteiger partial charge is 0.121 e. The fraction of sp³-hybridized carbons (Fsp3) is 0. The van der Waals surface area contributed by atoms with Crippen LogP contribution in [0.4, 0.5) is 0 Å². The van der Waals surface area contributed by atoms with Crippen LogP contribution >= 0.6 is 0 Å². The number of phenols is 1. The molecule has 1 radical (unpaired) electrons. The van der Waals surface area contributed by atoms with Crippen molar-refractivity contribution in [2.24, 2.45) is 0 Å². The molecule has 0 atom stereocenters. The molecule has 1 N–H and O–H groups in total. The van der Waals surface area contributed by atoms with Crippen molar-refractivity contribution in [1.29, 1.82) is 0 Å². The van der Waals surface area contributed by atoms with Gasteiger partial charge in [0.1, 0.15) is 5.75 Å². The summed E-state index contributed by atoms with van der Waals surface area (Å²) in [4.78, 5) is 4.81. The zero-order valence-corrected chi connectivity index (χ0v) is 16.8. The molecule has 2 aromatic heterocycles. The fourth-order valence-corrected chi connectivity index (χ4v) is 3.31. The SMILES string of the molecule is Oc1ccccc1-c1cc2cccc(-c3[c-]c(-n4cccn4)ccc3)c2[n-]1.[Au]. The van der Waals surface area contributed by atoms with Crippen molar-refractivity contribution in [3.63, 3.8) is 0 Å². The van der Waals surface area contributed by atoms with Crippen LogP contribution in [0.2, 0.25) is 0 Å². The summed E-state index contributed by atoms with van der Waals surface area (Å²) in [6.07, 6.45) is 3.64. The maximum atomic E-state index is 10.2. The van der Waals surface area contributed by atoms with Gasteiger partial charge in [0, 0.05) is 40.3 Å². The van der Waals surface area contributed by atoms with E-state index in [-0.39, 0.29) is 28.1 Å². The Morgan fingerprint density at radius 1 is 0.893 bits per heavy atom. The van der Waals surface area contributed by atoms with Crippen molar-refractivity contribution in [3.05, 3.63) is 91.3 Å². The first kappa shape index (κ1) is 18.3. The number of hydrogen-bond donors (Lipinski definition) is 1. The third kappa shape index (κ3) is 3.18. The zero-order chi connectivity index (χ0) is 18.2. The van der Waals surface area contributed by atoms with E-state index in [0.29, 0.717) is 0 Å². The second-order valence-corrected chi connectivity index (χ2v) is 6.30. The molecule has 0 aliphatic rings. The minimum atomic E-state index is 0. The van der Waals surface area contributed by atoms with Gasteiger partial charge in [-0.05, 0) is 17.8 Å². The zero-order valence-electron chi connectivity index (χ0n) is 14.7. The standard InChI is InChI=1S/C23H15N3O.Au/c27-22-11-2-1-9-20(22)21-15-17-7-4-10-19(23(17)25-21)16-6-3-8-18(14-16)26-13-5-12-24-26;/h1-13,15,27H;/q-2;. The van der Waals surface area contributed by atoms with Crippen LogP contribution in [0.15, 0.2) is 85.2 Å². The quantitative estimate of drug-likeness (QED) is 0.261. The van der Waals surface area contributed by atoms with Gasteiger partial charge in [0.2, 0.25) is 0 Å². The molecular formula is C23H15AuN3O-2. The van der Waals surface area contributed by atoms with Crippen LogP contribution < -0.4 is 4.98 Å². The first-order chi connectivity index (χ1) is 13.3. The van der Waals surface area contributed by atoms with Crippen LogP contribution in [0.25, 0.3) is 39.0 Å². The van der Waals surface area contributed by atoms with Gasteiger partial charge in [-0.15, -0.1) is 41.1 Å².